The molecule has 5 aromatic rings. The van der Waals surface area contributed by atoms with Crippen molar-refractivity contribution < 1.29 is 14.3 Å². The fraction of sp³-hybridized carbons (Fsp3) is 0.143. The fourth-order valence-electron chi connectivity index (χ4n) is 3.54. The van der Waals surface area contributed by atoms with E-state index in [1.807, 2.05) is 36.4 Å². The summed E-state index contributed by atoms with van der Waals surface area (Å²) in [4.78, 5) is 38.0. The Bertz CT molecular complexity index is 1520. The second-order valence-electron chi connectivity index (χ2n) is 6.69. The zero-order valence-corrected chi connectivity index (χ0v) is 18.0. The first-order chi connectivity index (χ1) is 14.6. The lowest BCUT2D eigenvalue weighted by Gasteiger charge is -2.05. The third kappa shape index (κ3) is 2.92. The Hall–Kier alpha value is -3.05. The number of fused-ring (bicyclic) bond motifs is 6. The Morgan fingerprint density at radius 1 is 1.13 bits per heavy atom. The molecule has 5 rings (SSSR count). The molecule has 0 spiro atoms. The number of methoxy groups -OCH3 is 1. The molecule has 30 heavy (non-hydrogen) atoms. The zero-order chi connectivity index (χ0) is 20.8. The summed E-state index contributed by atoms with van der Waals surface area (Å²) in [5.74, 6) is -0.593. The van der Waals surface area contributed by atoms with Crippen molar-refractivity contribution in [1.29, 1.82) is 0 Å². The molecule has 0 atom stereocenters. The maximum Gasteiger partial charge on any atom is 0.344 e. The predicted molar refractivity (Wildman–Crippen MR) is 121 cm³/mol. The number of para-hydroxylation sites is 2. The molecule has 0 radical (unpaired) electrons. The number of ether oxygens (including phenoxy) is 2. The number of rotatable bonds is 4. The highest BCUT2D eigenvalue weighted by atomic mass is 127. The smallest absolute Gasteiger partial charge is 0.344 e. The molecule has 0 aliphatic rings. The molecule has 0 saturated heterocycles. The van der Waals surface area contributed by atoms with Crippen LogP contribution in [0, 0.1) is 3.57 Å². The number of hydrogen-bond donors (Lipinski definition) is 1. The minimum Gasteiger partial charge on any atom is -0.459 e. The van der Waals surface area contributed by atoms with Gasteiger partial charge in [-0.05, 0) is 52.9 Å². The summed E-state index contributed by atoms with van der Waals surface area (Å²) < 4.78 is 13.0. The Morgan fingerprint density at radius 2 is 1.90 bits per heavy atom. The Kier molecular flexibility index (Phi) is 4.63. The van der Waals surface area contributed by atoms with Crippen LogP contribution >= 0.6 is 22.6 Å². The lowest BCUT2D eigenvalue weighted by Crippen LogP contribution is -2.14. The molecule has 0 bridgehead atoms. The number of H-pyrrole nitrogens is 1. The Balaban J connectivity index is 1.93. The fourth-order valence-corrected chi connectivity index (χ4v) is 4.03. The molecule has 0 aliphatic heterocycles. The van der Waals surface area contributed by atoms with E-state index in [0.29, 0.717) is 38.7 Å². The third-order valence-electron chi connectivity index (χ3n) is 4.86. The van der Waals surface area contributed by atoms with Crippen LogP contribution in [0.5, 0.6) is 0 Å². The van der Waals surface area contributed by atoms with Crippen LogP contribution in [0.25, 0.3) is 38.7 Å². The van der Waals surface area contributed by atoms with Gasteiger partial charge in [-0.2, -0.15) is 0 Å². The number of nitrogens with zero attached hydrogens (tertiary/aromatic N) is 3. The van der Waals surface area contributed by atoms with E-state index in [1.54, 1.807) is 10.5 Å². The Morgan fingerprint density at radius 3 is 2.67 bits per heavy atom. The van der Waals surface area contributed by atoms with Crippen LogP contribution in [0.2, 0.25) is 0 Å². The van der Waals surface area contributed by atoms with Gasteiger partial charge in [0, 0.05) is 10.7 Å². The van der Waals surface area contributed by atoms with Gasteiger partial charge in [-0.15, -0.1) is 0 Å². The molecule has 9 heteroatoms. The lowest BCUT2D eigenvalue weighted by atomic mass is 10.2. The number of benzene rings is 2. The van der Waals surface area contributed by atoms with E-state index in [2.05, 4.69) is 32.6 Å². The first kappa shape index (κ1) is 18.9. The standard InChI is InChI=1S/C21H15IN4O4/c1-29-8-9-30-21(28)16-17-19(24-14-5-3-2-4-13(14)23-17)26-15-7-6-11(22)10-12(15)20(27)25-18(16)26/h2-7,10H,8-9H2,1H3,(H,25,27). The van der Waals surface area contributed by atoms with Gasteiger partial charge in [0.2, 0.25) is 0 Å². The predicted octanol–water partition coefficient (Wildman–Crippen LogP) is 3.29. The lowest BCUT2D eigenvalue weighted by molar-refractivity contribution is 0.0392. The summed E-state index contributed by atoms with van der Waals surface area (Å²) in [6.45, 7) is 0.354. The highest BCUT2D eigenvalue weighted by molar-refractivity contribution is 14.1. The molecule has 0 amide bonds. The molecular formula is C21H15IN4O4. The summed E-state index contributed by atoms with van der Waals surface area (Å²) >= 11 is 2.16. The molecule has 0 saturated carbocycles. The average molecular weight is 514 g/mol. The average Bonchev–Trinajstić information content (AvgIpc) is 3.05. The van der Waals surface area contributed by atoms with E-state index >= 15 is 0 Å². The molecule has 0 unspecified atom stereocenters. The minimum atomic E-state index is -0.593. The van der Waals surface area contributed by atoms with Gasteiger partial charge in [0.05, 0.1) is 28.5 Å². The summed E-state index contributed by atoms with van der Waals surface area (Å²) in [6, 6.07) is 13.0. The van der Waals surface area contributed by atoms with Crippen molar-refractivity contribution in [2.24, 2.45) is 0 Å². The normalized spacial score (nSPS) is 11.7. The van der Waals surface area contributed by atoms with Gasteiger partial charge < -0.3 is 14.5 Å². The molecule has 3 aromatic heterocycles. The van der Waals surface area contributed by atoms with Gasteiger partial charge >= 0.3 is 5.97 Å². The van der Waals surface area contributed by atoms with Crippen molar-refractivity contribution in [3.8, 4) is 0 Å². The highest BCUT2D eigenvalue weighted by Gasteiger charge is 2.25. The molecule has 3 heterocycles. The van der Waals surface area contributed by atoms with Crippen LogP contribution in [-0.4, -0.2) is 45.6 Å². The summed E-state index contributed by atoms with van der Waals surface area (Å²) in [7, 11) is 1.53. The van der Waals surface area contributed by atoms with Gasteiger partial charge in [0.25, 0.3) is 5.56 Å². The SMILES string of the molecule is COCCOC(=O)c1c2nc3ccccc3nc2n2c1[nH]c(=O)c1cc(I)ccc12. The Labute approximate surface area is 183 Å². The van der Waals surface area contributed by atoms with Crippen molar-refractivity contribution in [3.05, 3.63) is 62.0 Å². The monoisotopic (exact) mass is 514 g/mol. The maximum absolute atomic E-state index is 13.0. The highest BCUT2D eigenvalue weighted by Crippen LogP contribution is 2.28. The van der Waals surface area contributed by atoms with E-state index in [4.69, 9.17) is 14.5 Å². The maximum atomic E-state index is 13.0. The van der Waals surface area contributed by atoms with Crippen LogP contribution in [0.15, 0.2) is 47.3 Å². The van der Waals surface area contributed by atoms with Gasteiger partial charge in [0.15, 0.2) is 5.65 Å². The number of aromatic nitrogens is 4. The third-order valence-corrected chi connectivity index (χ3v) is 5.53. The first-order valence-electron chi connectivity index (χ1n) is 9.17. The number of halogens is 1. The molecule has 150 valence electrons. The summed E-state index contributed by atoms with van der Waals surface area (Å²) in [6.07, 6.45) is 0. The summed E-state index contributed by atoms with van der Waals surface area (Å²) in [5.41, 5.74) is 3.01. The molecule has 0 fully saturated rings. The number of nitrogens with one attached hydrogen (secondary N) is 1. The molecule has 8 nitrogen and oxygen atoms in total. The number of carbonyl (C=O) groups excluding carboxylic acids is 1. The number of esters is 1. The van der Waals surface area contributed by atoms with Crippen LogP contribution in [0.4, 0.5) is 0 Å². The van der Waals surface area contributed by atoms with Gasteiger partial charge in [-0.25, -0.2) is 14.8 Å². The second-order valence-corrected chi connectivity index (χ2v) is 7.93. The van der Waals surface area contributed by atoms with E-state index < -0.39 is 5.97 Å². The zero-order valence-electron chi connectivity index (χ0n) is 15.8. The van der Waals surface area contributed by atoms with E-state index in [1.165, 1.54) is 7.11 Å². The van der Waals surface area contributed by atoms with Crippen LogP contribution in [-0.2, 0) is 9.47 Å². The number of hydrogen-bond acceptors (Lipinski definition) is 6. The molecule has 1 N–H and O–H groups in total. The van der Waals surface area contributed by atoms with Crippen molar-refractivity contribution in [2.45, 2.75) is 0 Å². The van der Waals surface area contributed by atoms with Crippen LogP contribution in [0.1, 0.15) is 10.4 Å². The van der Waals surface area contributed by atoms with Gasteiger partial charge in [0.1, 0.15) is 23.3 Å². The van der Waals surface area contributed by atoms with Crippen LogP contribution < -0.4 is 5.56 Å². The van der Waals surface area contributed by atoms with Gasteiger partial charge in [-0.3, -0.25) is 9.20 Å². The van der Waals surface area contributed by atoms with Crippen molar-refractivity contribution in [3.63, 3.8) is 0 Å². The van der Waals surface area contributed by atoms with Crippen molar-refractivity contribution in [1.82, 2.24) is 19.4 Å². The molecule has 0 aliphatic carbocycles. The van der Waals surface area contributed by atoms with Crippen LogP contribution in [0.3, 0.4) is 0 Å². The molecular weight excluding hydrogens is 499 g/mol. The van der Waals surface area contributed by atoms with Gasteiger partial charge in [-0.1, -0.05) is 12.1 Å². The quantitative estimate of drug-likeness (QED) is 0.225. The first-order valence-corrected chi connectivity index (χ1v) is 10.2. The largest absolute Gasteiger partial charge is 0.459 e. The topological polar surface area (TPSA) is 98.6 Å². The van der Waals surface area contributed by atoms with E-state index in [0.717, 1.165) is 3.57 Å². The van der Waals surface area contributed by atoms with E-state index in [9.17, 15) is 9.59 Å². The summed E-state index contributed by atoms with van der Waals surface area (Å²) in [5, 5.41) is 0.501. The van der Waals surface area contributed by atoms with Crippen molar-refractivity contribution >= 4 is 67.3 Å². The minimum absolute atomic E-state index is 0.0885. The van der Waals surface area contributed by atoms with Crippen molar-refractivity contribution in [2.75, 3.05) is 20.3 Å². The van der Waals surface area contributed by atoms with E-state index in [-0.39, 0.29) is 24.3 Å². The number of aromatic amines is 1. The molecule has 2 aromatic carbocycles. The number of carbonyl (C=O) groups is 1. The second kappa shape index (κ2) is 7.33.